The van der Waals surface area contributed by atoms with Gasteiger partial charge in [0.1, 0.15) is 5.75 Å². The van der Waals surface area contributed by atoms with Crippen LogP contribution < -0.4 is 10.1 Å². The monoisotopic (exact) mass is 351 g/mol. The summed E-state index contributed by atoms with van der Waals surface area (Å²) < 4.78 is 44.1. The Balaban J connectivity index is 2.14. The lowest BCUT2D eigenvalue weighted by Gasteiger charge is -2.19. The third kappa shape index (κ3) is 4.75. The van der Waals surface area contributed by atoms with E-state index in [-0.39, 0.29) is 5.69 Å². The molecule has 2 rings (SSSR count). The standard InChI is InChI=1S/C19H20F3NO2/c1-4-16(25-17-10-5-7-12(2)13(17)3)18(24)23-15-9-6-8-14(11-15)19(20,21)22/h5-11,16H,4H2,1-3H3,(H,23,24)/t16-/m1/s1. The maximum absolute atomic E-state index is 12.8. The minimum atomic E-state index is -4.46. The number of aryl methyl sites for hydroxylation is 1. The van der Waals surface area contributed by atoms with E-state index in [1.165, 1.54) is 12.1 Å². The summed E-state index contributed by atoms with van der Waals surface area (Å²) >= 11 is 0. The maximum atomic E-state index is 12.8. The molecule has 1 amide bonds. The van der Waals surface area contributed by atoms with E-state index in [2.05, 4.69) is 5.32 Å². The van der Waals surface area contributed by atoms with Gasteiger partial charge in [0.25, 0.3) is 5.91 Å². The quantitative estimate of drug-likeness (QED) is 0.812. The van der Waals surface area contributed by atoms with Gasteiger partial charge in [-0.05, 0) is 55.7 Å². The zero-order valence-corrected chi connectivity index (χ0v) is 14.3. The molecular formula is C19H20F3NO2. The number of ether oxygens (including phenoxy) is 1. The summed E-state index contributed by atoms with van der Waals surface area (Å²) in [4.78, 5) is 12.4. The zero-order chi connectivity index (χ0) is 18.6. The SMILES string of the molecule is CC[C@@H](Oc1cccc(C)c1C)C(=O)Nc1cccc(C(F)(F)F)c1. The van der Waals surface area contributed by atoms with Crippen molar-refractivity contribution in [3.8, 4) is 5.75 Å². The molecule has 0 spiro atoms. The largest absolute Gasteiger partial charge is 0.480 e. The summed E-state index contributed by atoms with van der Waals surface area (Å²) in [6.07, 6.45) is -4.87. The fraction of sp³-hybridized carbons (Fsp3) is 0.316. The Bertz CT molecular complexity index is 757. The van der Waals surface area contributed by atoms with E-state index in [1.807, 2.05) is 26.0 Å². The molecule has 0 unspecified atom stereocenters. The fourth-order valence-electron chi connectivity index (χ4n) is 2.32. The molecule has 0 saturated heterocycles. The second-order valence-electron chi connectivity index (χ2n) is 5.78. The number of carbonyl (C=O) groups excluding carboxylic acids is 1. The van der Waals surface area contributed by atoms with Gasteiger partial charge in [0, 0.05) is 5.69 Å². The van der Waals surface area contributed by atoms with Crippen LogP contribution >= 0.6 is 0 Å². The van der Waals surface area contributed by atoms with Gasteiger partial charge in [-0.15, -0.1) is 0 Å². The Morgan fingerprint density at radius 3 is 2.48 bits per heavy atom. The molecule has 0 fully saturated rings. The molecule has 0 aliphatic heterocycles. The molecule has 6 heteroatoms. The van der Waals surface area contributed by atoms with Gasteiger partial charge in [-0.3, -0.25) is 4.79 Å². The zero-order valence-electron chi connectivity index (χ0n) is 14.3. The number of hydrogen-bond acceptors (Lipinski definition) is 2. The molecule has 0 aromatic heterocycles. The molecule has 0 radical (unpaired) electrons. The van der Waals surface area contributed by atoms with Gasteiger partial charge in [0.15, 0.2) is 6.10 Å². The molecule has 0 aliphatic carbocycles. The predicted molar refractivity (Wildman–Crippen MR) is 90.7 cm³/mol. The van der Waals surface area contributed by atoms with E-state index < -0.39 is 23.8 Å². The van der Waals surface area contributed by atoms with E-state index in [9.17, 15) is 18.0 Å². The Morgan fingerprint density at radius 1 is 1.16 bits per heavy atom. The molecule has 25 heavy (non-hydrogen) atoms. The van der Waals surface area contributed by atoms with E-state index in [1.54, 1.807) is 13.0 Å². The molecule has 2 aromatic carbocycles. The summed E-state index contributed by atoms with van der Waals surface area (Å²) in [5.41, 5.74) is 1.23. The Kier molecular flexibility index (Phi) is 5.72. The lowest BCUT2D eigenvalue weighted by molar-refractivity contribution is -0.137. The number of benzene rings is 2. The van der Waals surface area contributed by atoms with Gasteiger partial charge in [0.05, 0.1) is 5.56 Å². The Hall–Kier alpha value is -2.50. The van der Waals surface area contributed by atoms with Gasteiger partial charge in [-0.2, -0.15) is 13.2 Å². The highest BCUT2D eigenvalue weighted by Gasteiger charge is 2.30. The number of nitrogens with one attached hydrogen (secondary N) is 1. The lowest BCUT2D eigenvalue weighted by Crippen LogP contribution is -2.32. The minimum absolute atomic E-state index is 0.0860. The number of amides is 1. The number of hydrogen-bond donors (Lipinski definition) is 1. The fourth-order valence-corrected chi connectivity index (χ4v) is 2.32. The van der Waals surface area contributed by atoms with Crippen LogP contribution in [0.4, 0.5) is 18.9 Å². The van der Waals surface area contributed by atoms with Crippen LogP contribution in [0.5, 0.6) is 5.75 Å². The van der Waals surface area contributed by atoms with Crippen LogP contribution in [0.15, 0.2) is 42.5 Å². The van der Waals surface area contributed by atoms with Gasteiger partial charge in [-0.25, -0.2) is 0 Å². The number of halogens is 3. The third-order valence-corrected chi connectivity index (χ3v) is 3.94. The first kappa shape index (κ1) is 18.8. The molecule has 134 valence electrons. The number of rotatable bonds is 5. The van der Waals surface area contributed by atoms with Crippen LogP contribution in [0.1, 0.15) is 30.0 Å². The molecule has 2 aromatic rings. The third-order valence-electron chi connectivity index (χ3n) is 3.94. The van der Waals surface area contributed by atoms with Crippen molar-refractivity contribution in [1.82, 2.24) is 0 Å². The van der Waals surface area contributed by atoms with Gasteiger partial charge < -0.3 is 10.1 Å². The van der Waals surface area contributed by atoms with Crippen molar-refractivity contribution < 1.29 is 22.7 Å². The normalized spacial score (nSPS) is 12.6. The first-order valence-electron chi connectivity index (χ1n) is 7.93. The highest BCUT2D eigenvalue weighted by atomic mass is 19.4. The van der Waals surface area contributed by atoms with Crippen LogP contribution in [-0.4, -0.2) is 12.0 Å². The van der Waals surface area contributed by atoms with Gasteiger partial charge >= 0.3 is 6.18 Å². The summed E-state index contributed by atoms with van der Waals surface area (Å²) in [6, 6.07) is 10.1. The molecule has 0 aliphatic rings. The lowest BCUT2D eigenvalue weighted by atomic mass is 10.1. The van der Waals surface area contributed by atoms with Crippen molar-refractivity contribution in [2.75, 3.05) is 5.32 Å². The van der Waals surface area contributed by atoms with Gasteiger partial charge in [0.2, 0.25) is 0 Å². The molecule has 1 atom stereocenters. The summed E-state index contributed by atoms with van der Waals surface area (Å²) in [6.45, 7) is 5.61. The van der Waals surface area contributed by atoms with E-state index >= 15 is 0 Å². The summed E-state index contributed by atoms with van der Waals surface area (Å²) in [5, 5.41) is 2.50. The maximum Gasteiger partial charge on any atom is 0.416 e. The Morgan fingerprint density at radius 2 is 1.84 bits per heavy atom. The van der Waals surface area contributed by atoms with Crippen molar-refractivity contribution in [1.29, 1.82) is 0 Å². The second kappa shape index (κ2) is 7.59. The predicted octanol–water partition coefficient (Wildman–Crippen LogP) is 5.12. The second-order valence-corrected chi connectivity index (χ2v) is 5.78. The van der Waals surface area contributed by atoms with E-state index in [4.69, 9.17) is 4.74 Å². The Labute approximate surface area is 144 Å². The van der Waals surface area contributed by atoms with Crippen LogP contribution in [0.3, 0.4) is 0 Å². The number of alkyl halides is 3. The van der Waals surface area contributed by atoms with Crippen molar-refractivity contribution in [2.24, 2.45) is 0 Å². The summed E-state index contributed by atoms with van der Waals surface area (Å²) in [5.74, 6) is 0.105. The molecule has 3 nitrogen and oxygen atoms in total. The number of anilines is 1. The van der Waals surface area contributed by atoms with Gasteiger partial charge in [-0.1, -0.05) is 25.1 Å². The van der Waals surface area contributed by atoms with Crippen molar-refractivity contribution in [3.63, 3.8) is 0 Å². The van der Waals surface area contributed by atoms with Crippen molar-refractivity contribution >= 4 is 11.6 Å². The van der Waals surface area contributed by atoms with E-state index in [0.717, 1.165) is 23.3 Å². The molecule has 0 saturated carbocycles. The molecule has 0 heterocycles. The topological polar surface area (TPSA) is 38.3 Å². The van der Waals surface area contributed by atoms with Crippen LogP contribution in [0.2, 0.25) is 0 Å². The van der Waals surface area contributed by atoms with Crippen LogP contribution in [0.25, 0.3) is 0 Å². The molecular weight excluding hydrogens is 331 g/mol. The van der Waals surface area contributed by atoms with Crippen molar-refractivity contribution in [3.05, 3.63) is 59.2 Å². The average Bonchev–Trinajstić information content (AvgIpc) is 2.55. The average molecular weight is 351 g/mol. The smallest absolute Gasteiger partial charge is 0.416 e. The first-order valence-corrected chi connectivity index (χ1v) is 7.93. The highest BCUT2D eigenvalue weighted by Crippen LogP contribution is 2.30. The summed E-state index contributed by atoms with van der Waals surface area (Å²) in [7, 11) is 0. The van der Waals surface area contributed by atoms with Crippen LogP contribution in [0, 0.1) is 13.8 Å². The molecule has 0 bridgehead atoms. The number of carbonyl (C=O) groups is 1. The first-order chi connectivity index (χ1) is 11.7. The minimum Gasteiger partial charge on any atom is -0.480 e. The van der Waals surface area contributed by atoms with Crippen molar-refractivity contribution in [2.45, 2.75) is 39.5 Å². The molecule has 1 N–H and O–H groups in total. The van der Waals surface area contributed by atoms with E-state index in [0.29, 0.717) is 12.2 Å². The highest BCUT2D eigenvalue weighted by molar-refractivity contribution is 5.94. The van der Waals surface area contributed by atoms with Crippen LogP contribution in [-0.2, 0) is 11.0 Å².